The molecule has 0 saturated heterocycles. The molecule has 5 nitrogen and oxygen atoms in total. The highest BCUT2D eigenvalue weighted by Gasteiger charge is 2.16. The van der Waals surface area contributed by atoms with E-state index in [-0.39, 0.29) is 18.6 Å². The number of hydrogen-bond acceptors (Lipinski definition) is 4. The zero-order valence-electron chi connectivity index (χ0n) is 12.5. The minimum atomic E-state index is -0.223. The first-order valence-corrected chi connectivity index (χ1v) is 6.75. The molecule has 0 aliphatic rings. The predicted molar refractivity (Wildman–Crippen MR) is 77.5 cm³/mol. The first kappa shape index (κ1) is 14.5. The summed E-state index contributed by atoms with van der Waals surface area (Å²) in [5.74, 6) is -0.223. The van der Waals surface area contributed by atoms with Crippen molar-refractivity contribution in [2.24, 2.45) is 0 Å². The van der Waals surface area contributed by atoms with Crippen LogP contribution in [0.3, 0.4) is 0 Å². The topological polar surface area (TPSA) is 46.8 Å². The summed E-state index contributed by atoms with van der Waals surface area (Å²) in [4.78, 5) is 18.1. The molecule has 0 saturated carbocycles. The Kier molecular flexibility index (Phi) is 4.39. The highest BCUT2D eigenvalue weighted by Crippen LogP contribution is 2.13. The lowest BCUT2D eigenvalue weighted by Crippen LogP contribution is -2.35. The second-order valence-corrected chi connectivity index (χ2v) is 5.23. The van der Waals surface area contributed by atoms with Gasteiger partial charge in [-0.1, -0.05) is 6.07 Å². The normalized spacial score (nSPS) is 11.5. The van der Waals surface area contributed by atoms with Crippen LogP contribution in [0.25, 0.3) is 5.65 Å². The Hall–Kier alpha value is -1.88. The lowest BCUT2D eigenvalue weighted by molar-refractivity contribution is -0.142. The molecule has 5 heteroatoms. The number of hydrogen-bond donors (Lipinski definition) is 0. The van der Waals surface area contributed by atoms with Crippen molar-refractivity contribution in [1.29, 1.82) is 0 Å². The Labute approximate surface area is 119 Å². The van der Waals surface area contributed by atoms with Crippen molar-refractivity contribution < 1.29 is 9.53 Å². The molecule has 0 spiro atoms. The number of carbonyl (C=O) groups excluding carboxylic acids is 1. The number of nitrogens with zero attached hydrogens (tertiary/aromatic N) is 3. The Morgan fingerprint density at radius 2 is 2.25 bits per heavy atom. The minimum Gasteiger partial charge on any atom is -0.468 e. The van der Waals surface area contributed by atoms with Crippen molar-refractivity contribution in [2.45, 2.75) is 33.4 Å². The van der Waals surface area contributed by atoms with E-state index in [9.17, 15) is 4.79 Å². The fraction of sp³-hybridized carbons (Fsp3) is 0.467. The quantitative estimate of drug-likeness (QED) is 0.783. The summed E-state index contributed by atoms with van der Waals surface area (Å²) in [5, 5.41) is 0. The third kappa shape index (κ3) is 3.17. The van der Waals surface area contributed by atoms with Crippen LogP contribution in [-0.4, -0.2) is 40.0 Å². The summed E-state index contributed by atoms with van der Waals surface area (Å²) in [5.41, 5.74) is 3.06. The van der Waals surface area contributed by atoms with Crippen molar-refractivity contribution in [2.75, 3.05) is 13.7 Å². The molecular weight excluding hydrogens is 254 g/mol. The SMILES string of the molecule is COC(=O)CN(Cc1cn2cccc(C)c2n1)C(C)C. The van der Waals surface area contributed by atoms with Crippen LogP contribution >= 0.6 is 0 Å². The highest BCUT2D eigenvalue weighted by molar-refractivity contribution is 5.71. The smallest absolute Gasteiger partial charge is 0.319 e. The van der Waals surface area contributed by atoms with Gasteiger partial charge in [-0.25, -0.2) is 4.98 Å². The van der Waals surface area contributed by atoms with Crippen LogP contribution in [-0.2, 0) is 16.1 Å². The Balaban J connectivity index is 2.20. The van der Waals surface area contributed by atoms with Crippen molar-refractivity contribution in [3.8, 4) is 0 Å². The molecule has 0 fully saturated rings. The van der Waals surface area contributed by atoms with Crippen LogP contribution in [0.1, 0.15) is 25.1 Å². The van der Waals surface area contributed by atoms with E-state index in [1.165, 1.54) is 7.11 Å². The molecule has 0 bridgehead atoms. The molecule has 0 atom stereocenters. The van der Waals surface area contributed by atoms with Crippen LogP contribution in [0.4, 0.5) is 0 Å². The van der Waals surface area contributed by atoms with Gasteiger partial charge >= 0.3 is 5.97 Å². The van der Waals surface area contributed by atoms with Crippen LogP contribution in [0, 0.1) is 6.92 Å². The summed E-state index contributed by atoms with van der Waals surface area (Å²) in [6.45, 7) is 7.07. The van der Waals surface area contributed by atoms with E-state index in [2.05, 4.69) is 18.8 Å². The molecule has 2 aromatic rings. The van der Waals surface area contributed by atoms with Crippen molar-refractivity contribution in [3.63, 3.8) is 0 Å². The molecule has 2 heterocycles. The van der Waals surface area contributed by atoms with E-state index < -0.39 is 0 Å². The average molecular weight is 275 g/mol. The van der Waals surface area contributed by atoms with Crippen LogP contribution in [0.5, 0.6) is 0 Å². The molecule has 0 aliphatic heterocycles. The number of rotatable bonds is 5. The third-order valence-corrected chi connectivity index (χ3v) is 3.38. The van der Waals surface area contributed by atoms with Crippen LogP contribution in [0.2, 0.25) is 0 Å². The van der Waals surface area contributed by atoms with E-state index in [4.69, 9.17) is 4.74 Å². The molecule has 2 rings (SSSR count). The van der Waals surface area contributed by atoms with Gasteiger partial charge < -0.3 is 9.14 Å². The largest absolute Gasteiger partial charge is 0.468 e. The number of aromatic nitrogens is 2. The standard InChI is InChI=1S/C15H21N3O2/c1-11(2)18(10-14(19)20-4)9-13-8-17-7-5-6-12(3)15(17)16-13/h5-8,11H,9-10H2,1-4H3. The van der Waals surface area contributed by atoms with Gasteiger partial charge in [-0.15, -0.1) is 0 Å². The van der Waals surface area contributed by atoms with Gasteiger partial charge in [0.05, 0.1) is 19.3 Å². The molecule has 108 valence electrons. The fourth-order valence-electron chi connectivity index (χ4n) is 2.14. The lowest BCUT2D eigenvalue weighted by atomic mass is 10.3. The number of aryl methyl sites for hydroxylation is 1. The van der Waals surface area contributed by atoms with Crippen molar-refractivity contribution >= 4 is 11.6 Å². The number of pyridine rings is 1. The molecular formula is C15H21N3O2. The molecule has 0 unspecified atom stereocenters. The zero-order chi connectivity index (χ0) is 14.7. The van der Waals surface area contributed by atoms with E-state index in [0.717, 1.165) is 16.9 Å². The number of carbonyl (C=O) groups is 1. The summed E-state index contributed by atoms with van der Waals surface area (Å²) in [6.07, 6.45) is 3.99. The molecule has 2 aromatic heterocycles. The zero-order valence-corrected chi connectivity index (χ0v) is 12.5. The Bertz CT molecular complexity index is 604. The number of imidazole rings is 1. The highest BCUT2D eigenvalue weighted by atomic mass is 16.5. The predicted octanol–water partition coefficient (Wildman–Crippen LogP) is 2.03. The summed E-state index contributed by atoms with van der Waals surface area (Å²) >= 11 is 0. The summed E-state index contributed by atoms with van der Waals surface area (Å²) in [7, 11) is 1.41. The lowest BCUT2D eigenvalue weighted by Gasteiger charge is -2.23. The van der Waals surface area contributed by atoms with Crippen molar-refractivity contribution in [3.05, 3.63) is 35.8 Å². The van der Waals surface area contributed by atoms with E-state index in [1.54, 1.807) is 0 Å². The van der Waals surface area contributed by atoms with Crippen molar-refractivity contribution in [1.82, 2.24) is 14.3 Å². The molecule has 0 radical (unpaired) electrons. The van der Waals surface area contributed by atoms with E-state index in [1.807, 2.05) is 40.8 Å². The summed E-state index contributed by atoms with van der Waals surface area (Å²) in [6, 6.07) is 4.29. The third-order valence-electron chi connectivity index (χ3n) is 3.38. The van der Waals surface area contributed by atoms with Gasteiger partial charge in [0.25, 0.3) is 0 Å². The maximum Gasteiger partial charge on any atom is 0.319 e. The minimum absolute atomic E-state index is 0.223. The number of esters is 1. The van der Waals surface area contributed by atoms with Gasteiger partial charge in [0.15, 0.2) is 0 Å². The number of ether oxygens (including phenoxy) is 1. The maximum atomic E-state index is 11.5. The van der Waals surface area contributed by atoms with Crippen LogP contribution < -0.4 is 0 Å². The first-order chi connectivity index (χ1) is 9.51. The van der Waals surface area contributed by atoms with E-state index >= 15 is 0 Å². The second kappa shape index (κ2) is 6.05. The van der Waals surface area contributed by atoms with Gasteiger partial charge in [-0.05, 0) is 32.4 Å². The number of methoxy groups -OCH3 is 1. The van der Waals surface area contributed by atoms with Gasteiger partial charge in [-0.2, -0.15) is 0 Å². The first-order valence-electron chi connectivity index (χ1n) is 6.75. The van der Waals surface area contributed by atoms with Gasteiger partial charge in [-0.3, -0.25) is 9.69 Å². The number of fused-ring (bicyclic) bond motifs is 1. The molecule has 0 aliphatic carbocycles. The molecule has 0 N–H and O–H groups in total. The molecule has 0 amide bonds. The van der Waals surface area contributed by atoms with E-state index in [0.29, 0.717) is 6.54 Å². The van der Waals surface area contributed by atoms with Gasteiger partial charge in [0.2, 0.25) is 0 Å². The summed E-state index contributed by atoms with van der Waals surface area (Å²) < 4.78 is 6.76. The molecule has 0 aromatic carbocycles. The Morgan fingerprint density at radius 3 is 2.85 bits per heavy atom. The molecule has 20 heavy (non-hydrogen) atoms. The average Bonchev–Trinajstić information content (AvgIpc) is 2.81. The fourth-order valence-corrected chi connectivity index (χ4v) is 2.14. The Morgan fingerprint density at radius 1 is 1.50 bits per heavy atom. The van der Waals surface area contributed by atoms with Gasteiger partial charge in [0.1, 0.15) is 5.65 Å². The van der Waals surface area contributed by atoms with Crippen LogP contribution in [0.15, 0.2) is 24.5 Å². The maximum absolute atomic E-state index is 11.5. The monoisotopic (exact) mass is 275 g/mol. The second-order valence-electron chi connectivity index (χ2n) is 5.23. The van der Waals surface area contributed by atoms with Gasteiger partial charge in [0, 0.05) is 25.0 Å².